The Morgan fingerprint density at radius 1 is 1.13 bits per heavy atom. The minimum Gasteiger partial charge on any atom is -0.306 e. The van der Waals surface area contributed by atoms with E-state index in [1.165, 1.54) is 27.2 Å². The molecule has 1 aromatic carbocycles. The summed E-state index contributed by atoms with van der Waals surface area (Å²) in [6, 6.07) is 10.5. The molecule has 4 heteroatoms. The van der Waals surface area contributed by atoms with Crippen LogP contribution in [0.15, 0.2) is 47.0 Å². The highest BCUT2D eigenvalue weighted by atomic mass is 35.5. The Bertz CT molecular complexity index is 775. The van der Waals surface area contributed by atoms with E-state index in [0.717, 1.165) is 42.4 Å². The van der Waals surface area contributed by atoms with Crippen molar-refractivity contribution in [3.63, 3.8) is 0 Å². The van der Waals surface area contributed by atoms with Crippen LogP contribution in [0.2, 0.25) is 5.02 Å². The first-order chi connectivity index (χ1) is 11.2. The van der Waals surface area contributed by atoms with Crippen molar-refractivity contribution in [1.29, 1.82) is 0 Å². The van der Waals surface area contributed by atoms with Crippen molar-refractivity contribution in [1.82, 2.24) is 9.88 Å². The van der Waals surface area contributed by atoms with Gasteiger partial charge in [0.25, 0.3) is 0 Å². The summed E-state index contributed by atoms with van der Waals surface area (Å²) >= 11 is 8.50. The highest BCUT2D eigenvalue weighted by Crippen LogP contribution is 2.45. The Morgan fingerprint density at radius 3 is 2.78 bits per heavy atom. The number of benzene rings is 1. The Balaban J connectivity index is 1.98. The lowest BCUT2D eigenvalue weighted by Gasteiger charge is -2.27. The lowest BCUT2D eigenvalue weighted by molar-refractivity contribution is 0.313. The first kappa shape index (κ1) is 15.3. The van der Waals surface area contributed by atoms with Crippen LogP contribution in [0.5, 0.6) is 0 Å². The zero-order valence-corrected chi connectivity index (χ0v) is 14.8. The second-order valence-corrected chi connectivity index (χ2v) is 7.62. The van der Waals surface area contributed by atoms with Gasteiger partial charge in [-0.1, -0.05) is 29.3 Å². The molecule has 0 aliphatic carbocycles. The number of rotatable bonds is 0. The number of nitrogens with zero attached hydrogens (tertiary/aromatic N) is 2. The largest absolute Gasteiger partial charge is 0.306 e. The van der Waals surface area contributed by atoms with Gasteiger partial charge in [0.1, 0.15) is 0 Å². The van der Waals surface area contributed by atoms with Crippen molar-refractivity contribution in [3.05, 3.63) is 63.9 Å². The van der Waals surface area contributed by atoms with Crippen molar-refractivity contribution in [2.24, 2.45) is 0 Å². The van der Waals surface area contributed by atoms with Gasteiger partial charge in [0.05, 0.1) is 5.69 Å². The van der Waals surface area contributed by atoms with E-state index in [2.05, 4.69) is 30.1 Å². The van der Waals surface area contributed by atoms with Gasteiger partial charge in [0.15, 0.2) is 0 Å². The quantitative estimate of drug-likeness (QED) is 0.679. The maximum Gasteiger partial charge on any atom is 0.0748 e. The lowest BCUT2D eigenvalue weighted by Crippen LogP contribution is -2.27. The number of aromatic nitrogens is 1. The summed E-state index contributed by atoms with van der Waals surface area (Å²) in [4.78, 5) is 8.42. The van der Waals surface area contributed by atoms with E-state index < -0.39 is 0 Å². The first-order valence-corrected chi connectivity index (χ1v) is 9.37. The third-order valence-electron chi connectivity index (χ3n) is 4.68. The van der Waals surface area contributed by atoms with Crippen LogP contribution in [0.4, 0.5) is 0 Å². The van der Waals surface area contributed by atoms with E-state index in [1.54, 1.807) is 0 Å². The highest BCUT2D eigenvalue weighted by molar-refractivity contribution is 7.98. The highest BCUT2D eigenvalue weighted by Gasteiger charge is 2.26. The van der Waals surface area contributed by atoms with Crippen LogP contribution in [-0.4, -0.2) is 30.0 Å². The number of piperidine rings is 1. The van der Waals surface area contributed by atoms with E-state index in [9.17, 15) is 0 Å². The summed E-state index contributed by atoms with van der Waals surface area (Å²) in [5, 5.41) is 0.843. The molecule has 0 spiro atoms. The summed E-state index contributed by atoms with van der Waals surface area (Å²) in [5.74, 6) is 0.952. The third-order valence-corrected chi connectivity index (χ3v) is 6.10. The van der Waals surface area contributed by atoms with Crippen molar-refractivity contribution < 1.29 is 0 Å². The van der Waals surface area contributed by atoms with Crippen LogP contribution >= 0.6 is 23.4 Å². The molecule has 1 aromatic heterocycles. The smallest absolute Gasteiger partial charge is 0.0748 e. The van der Waals surface area contributed by atoms with E-state index in [1.807, 2.05) is 30.1 Å². The molecule has 2 nitrogen and oxygen atoms in total. The van der Waals surface area contributed by atoms with E-state index in [-0.39, 0.29) is 0 Å². The standard InChI is InChI=1S/C19H19ClN2S/c1-22-10-7-13(8-11-22)17-18-15(20)5-2-6-16(18)23-12-14-4-3-9-21-19(14)17/h2-6,9H,7-8,10-12H2,1H3. The fourth-order valence-corrected chi connectivity index (χ4v) is 4.80. The monoisotopic (exact) mass is 342 g/mol. The van der Waals surface area contributed by atoms with Crippen molar-refractivity contribution in [2.75, 3.05) is 20.1 Å². The number of hydrogen-bond acceptors (Lipinski definition) is 3. The summed E-state index contributed by atoms with van der Waals surface area (Å²) in [5.41, 5.74) is 6.42. The summed E-state index contributed by atoms with van der Waals surface area (Å²) in [7, 11) is 2.19. The summed E-state index contributed by atoms with van der Waals surface area (Å²) in [6.07, 6.45) is 4.09. The predicted octanol–water partition coefficient (Wildman–Crippen LogP) is 4.87. The zero-order chi connectivity index (χ0) is 15.8. The predicted molar refractivity (Wildman–Crippen MR) is 98.0 cm³/mol. The fourth-order valence-electron chi connectivity index (χ4n) is 3.40. The SMILES string of the molecule is CN1CCC(=C2c3ncccc3CSc3cccc(Cl)c32)CC1. The minimum absolute atomic E-state index is 0.843. The number of fused-ring (bicyclic) bond motifs is 2. The Labute approximate surface area is 146 Å². The summed E-state index contributed by atoms with van der Waals surface area (Å²) in [6.45, 7) is 2.21. The van der Waals surface area contributed by atoms with Crippen molar-refractivity contribution in [3.8, 4) is 0 Å². The van der Waals surface area contributed by atoms with Gasteiger partial charge >= 0.3 is 0 Å². The Hall–Kier alpha value is -1.29. The zero-order valence-electron chi connectivity index (χ0n) is 13.2. The van der Waals surface area contributed by atoms with Crippen LogP contribution in [0.25, 0.3) is 5.57 Å². The van der Waals surface area contributed by atoms with Gasteiger partial charge in [-0.3, -0.25) is 4.98 Å². The topological polar surface area (TPSA) is 16.1 Å². The molecule has 0 unspecified atom stereocenters. The Kier molecular flexibility index (Phi) is 4.18. The second kappa shape index (κ2) is 6.31. The van der Waals surface area contributed by atoms with Crippen LogP contribution in [0.1, 0.15) is 29.7 Å². The van der Waals surface area contributed by atoms with E-state index >= 15 is 0 Å². The van der Waals surface area contributed by atoms with Crippen LogP contribution in [-0.2, 0) is 5.75 Å². The number of pyridine rings is 1. The normalized spacial score (nSPS) is 18.3. The van der Waals surface area contributed by atoms with E-state index in [0.29, 0.717) is 0 Å². The molecule has 0 atom stereocenters. The molecule has 118 valence electrons. The molecule has 1 fully saturated rings. The summed E-state index contributed by atoms with van der Waals surface area (Å²) < 4.78 is 0. The third kappa shape index (κ3) is 2.82. The molecule has 2 aromatic rings. The molecule has 0 bridgehead atoms. The average Bonchev–Trinajstić information content (AvgIpc) is 2.74. The molecule has 0 radical (unpaired) electrons. The van der Waals surface area contributed by atoms with E-state index in [4.69, 9.17) is 16.6 Å². The van der Waals surface area contributed by atoms with Gasteiger partial charge in [0, 0.05) is 46.1 Å². The van der Waals surface area contributed by atoms with Crippen LogP contribution in [0, 0.1) is 0 Å². The molecule has 0 saturated carbocycles. The molecule has 2 aliphatic heterocycles. The molecule has 0 N–H and O–H groups in total. The van der Waals surface area contributed by atoms with Crippen molar-refractivity contribution in [2.45, 2.75) is 23.5 Å². The molecule has 1 saturated heterocycles. The minimum atomic E-state index is 0.843. The number of thioether (sulfide) groups is 1. The molecular weight excluding hydrogens is 324 g/mol. The van der Waals surface area contributed by atoms with Crippen LogP contribution in [0.3, 0.4) is 0 Å². The van der Waals surface area contributed by atoms with Gasteiger partial charge in [-0.15, -0.1) is 11.8 Å². The fraction of sp³-hybridized carbons (Fsp3) is 0.316. The molecule has 23 heavy (non-hydrogen) atoms. The lowest BCUT2D eigenvalue weighted by atomic mass is 9.89. The van der Waals surface area contributed by atoms with Gasteiger partial charge in [-0.2, -0.15) is 0 Å². The number of likely N-dealkylation sites (tertiary alicyclic amines) is 1. The molecule has 0 amide bonds. The Morgan fingerprint density at radius 2 is 1.96 bits per heavy atom. The number of halogens is 1. The van der Waals surface area contributed by atoms with Crippen molar-refractivity contribution >= 4 is 28.9 Å². The molecular formula is C19H19ClN2S. The first-order valence-electron chi connectivity index (χ1n) is 8.00. The van der Waals surface area contributed by atoms with Gasteiger partial charge < -0.3 is 4.90 Å². The van der Waals surface area contributed by atoms with Gasteiger partial charge in [0.2, 0.25) is 0 Å². The van der Waals surface area contributed by atoms with Gasteiger partial charge in [-0.25, -0.2) is 0 Å². The molecule has 3 heterocycles. The molecule has 2 aliphatic rings. The molecule has 4 rings (SSSR count). The second-order valence-electron chi connectivity index (χ2n) is 6.19. The maximum atomic E-state index is 6.64. The maximum absolute atomic E-state index is 6.64. The average molecular weight is 343 g/mol. The van der Waals surface area contributed by atoms with Gasteiger partial charge in [-0.05, 0) is 43.7 Å². The number of hydrogen-bond donors (Lipinski definition) is 0. The van der Waals surface area contributed by atoms with Crippen LogP contribution < -0.4 is 0 Å².